The number of methoxy groups -OCH3 is 1. The van der Waals surface area contributed by atoms with Crippen molar-refractivity contribution in [1.29, 1.82) is 0 Å². The van der Waals surface area contributed by atoms with Crippen LogP contribution in [0.15, 0.2) is 60.7 Å². The number of esters is 1. The van der Waals surface area contributed by atoms with Crippen LogP contribution in [0.3, 0.4) is 0 Å². The van der Waals surface area contributed by atoms with Crippen LogP contribution in [0.1, 0.15) is 24.0 Å². The van der Waals surface area contributed by atoms with E-state index in [1.54, 1.807) is 7.11 Å². The molecule has 1 heterocycles. The lowest BCUT2D eigenvalue weighted by atomic mass is 9.86. The van der Waals surface area contributed by atoms with Gasteiger partial charge in [0.25, 0.3) is 0 Å². The number of likely N-dealkylation sites (tertiary alicyclic amines) is 1. The first kappa shape index (κ1) is 21.4. The van der Waals surface area contributed by atoms with Crippen LogP contribution in [0, 0.1) is 5.92 Å². The Labute approximate surface area is 167 Å². The monoisotopic (exact) mass is 389 g/mol. The SMILES string of the molecule is COC(C(=O)OCC1CCCN(C)C1)(c1ccccc1)c1ccccc1.Cl. The van der Waals surface area contributed by atoms with E-state index in [0.717, 1.165) is 37.1 Å². The maximum Gasteiger partial charge on any atom is 0.347 e. The summed E-state index contributed by atoms with van der Waals surface area (Å²) in [6.45, 7) is 2.50. The standard InChI is InChI=1S/C22H27NO3.ClH/c1-23-15-9-10-18(16-23)17-26-21(24)22(25-2,19-11-5-3-6-12-19)20-13-7-4-8-14-20;/h3-8,11-14,18H,9-10,15-17H2,1-2H3;1H. The van der Waals surface area contributed by atoms with Gasteiger partial charge in [-0.3, -0.25) is 0 Å². The van der Waals surface area contributed by atoms with E-state index in [-0.39, 0.29) is 18.4 Å². The molecule has 5 heteroatoms. The molecule has 1 unspecified atom stereocenters. The Hall–Kier alpha value is -1.88. The zero-order valence-electron chi connectivity index (χ0n) is 16.0. The minimum absolute atomic E-state index is 0. The average Bonchev–Trinajstić information content (AvgIpc) is 2.69. The maximum absolute atomic E-state index is 13.3. The molecule has 1 atom stereocenters. The largest absolute Gasteiger partial charge is 0.463 e. The molecule has 0 saturated carbocycles. The van der Waals surface area contributed by atoms with E-state index in [1.165, 1.54) is 0 Å². The van der Waals surface area contributed by atoms with E-state index in [9.17, 15) is 4.79 Å². The van der Waals surface area contributed by atoms with Gasteiger partial charge >= 0.3 is 5.97 Å². The highest BCUT2D eigenvalue weighted by molar-refractivity contribution is 5.86. The van der Waals surface area contributed by atoms with E-state index in [4.69, 9.17) is 9.47 Å². The lowest BCUT2D eigenvalue weighted by Crippen LogP contribution is -2.42. The normalized spacial score (nSPS) is 17.8. The van der Waals surface area contributed by atoms with Crippen LogP contribution in [0.25, 0.3) is 0 Å². The molecule has 2 aromatic rings. The highest BCUT2D eigenvalue weighted by Gasteiger charge is 2.44. The first-order valence-electron chi connectivity index (χ1n) is 9.19. The summed E-state index contributed by atoms with van der Waals surface area (Å²) in [5.74, 6) is 0.0180. The first-order valence-corrected chi connectivity index (χ1v) is 9.19. The Morgan fingerprint density at radius 1 is 1.07 bits per heavy atom. The fraction of sp³-hybridized carbons (Fsp3) is 0.409. The van der Waals surface area contributed by atoms with Gasteiger partial charge in [0.05, 0.1) is 6.61 Å². The minimum Gasteiger partial charge on any atom is -0.463 e. The highest BCUT2D eigenvalue weighted by Crippen LogP contribution is 2.35. The van der Waals surface area contributed by atoms with Gasteiger partial charge in [-0.05, 0) is 37.6 Å². The second-order valence-electron chi connectivity index (χ2n) is 6.99. The Morgan fingerprint density at radius 2 is 1.63 bits per heavy atom. The third-order valence-electron chi connectivity index (χ3n) is 5.13. The van der Waals surface area contributed by atoms with E-state index < -0.39 is 5.60 Å². The Bertz CT molecular complexity index is 669. The zero-order chi connectivity index (χ0) is 18.4. The summed E-state index contributed by atoms with van der Waals surface area (Å²) >= 11 is 0. The number of rotatable bonds is 6. The van der Waals surface area contributed by atoms with Crippen LogP contribution in [-0.4, -0.2) is 44.7 Å². The fourth-order valence-electron chi connectivity index (χ4n) is 3.77. The smallest absolute Gasteiger partial charge is 0.347 e. The van der Waals surface area contributed by atoms with Crippen molar-refractivity contribution in [2.45, 2.75) is 18.4 Å². The molecule has 1 fully saturated rings. The van der Waals surface area contributed by atoms with Crippen LogP contribution in [0.4, 0.5) is 0 Å². The summed E-state index contributed by atoms with van der Waals surface area (Å²) in [6.07, 6.45) is 2.24. The van der Waals surface area contributed by atoms with Gasteiger partial charge in [-0.2, -0.15) is 0 Å². The van der Waals surface area contributed by atoms with Crippen molar-refractivity contribution >= 4 is 18.4 Å². The van der Waals surface area contributed by atoms with Crippen molar-refractivity contribution in [3.05, 3.63) is 71.8 Å². The fourth-order valence-corrected chi connectivity index (χ4v) is 3.77. The van der Waals surface area contributed by atoms with E-state index >= 15 is 0 Å². The molecule has 4 nitrogen and oxygen atoms in total. The number of ether oxygens (including phenoxy) is 2. The van der Waals surface area contributed by atoms with E-state index in [1.807, 2.05) is 60.7 Å². The maximum atomic E-state index is 13.3. The number of halogens is 1. The average molecular weight is 390 g/mol. The minimum atomic E-state index is -1.25. The van der Waals surface area contributed by atoms with Crippen molar-refractivity contribution < 1.29 is 14.3 Å². The summed E-state index contributed by atoms with van der Waals surface area (Å²) in [5, 5.41) is 0. The quantitative estimate of drug-likeness (QED) is 0.703. The van der Waals surface area contributed by atoms with Gasteiger partial charge in [-0.15, -0.1) is 12.4 Å². The molecule has 0 spiro atoms. The lowest BCUT2D eigenvalue weighted by Gasteiger charge is -2.33. The summed E-state index contributed by atoms with van der Waals surface area (Å²) in [5.41, 5.74) is 0.308. The summed E-state index contributed by atoms with van der Waals surface area (Å²) in [4.78, 5) is 15.6. The van der Waals surface area contributed by atoms with Gasteiger partial charge in [0.15, 0.2) is 0 Å². The number of benzene rings is 2. The number of carbonyl (C=O) groups is 1. The Balaban J connectivity index is 0.00000261. The molecule has 0 aliphatic carbocycles. The van der Waals surface area contributed by atoms with Crippen molar-refractivity contribution in [1.82, 2.24) is 4.90 Å². The van der Waals surface area contributed by atoms with Gasteiger partial charge in [-0.25, -0.2) is 4.79 Å². The number of carbonyl (C=O) groups excluding carboxylic acids is 1. The Kier molecular flexibility index (Phi) is 7.84. The third kappa shape index (κ3) is 4.70. The molecule has 1 aliphatic rings. The highest BCUT2D eigenvalue weighted by atomic mass is 35.5. The molecule has 0 N–H and O–H groups in total. The summed E-state index contributed by atoms with van der Waals surface area (Å²) in [7, 11) is 3.68. The van der Waals surface area contributed by atoms with Crippen LogP contribution in [0.5, 0.6) is 0 Å². The van der Waals surface area contributed by atoms with Crippen LogP contribution >= 0.6 is 12.4 Å². The van der Waals surface area contributed by atoms with Crippen molar-refractivity contribution in [3.63, 3.8) is 0 Å². The van der Waals surface area contributed by atoms with Gasteiger partial charge in [-0.1, -0.05) is 60.7 Å². The molecule has 0 radical (unpaired) electrons. The second-order valence-corrected chi connectivity index (χ2v) is 6.99. The van der Waals surface area contributed by atoms with Gasteiger partial charge in [0.2, 0.25) is 5.60 Å². The molecular formula is C22H28ClNO3. The summed E-state index contributed by atoms with van der Waals surface area (Å²) in [6, 6.07) is 19.1. The molecule has 1 aliphatic heterocycles. The molecule has 146 valence electrons. The van der Waals surface area contributed by atoms with E-state index in [0.29, 0.717) is 12.5 Å². The summed E-state index contributed by atoms with van der Waals surface area (Å²) < 4.78 is 11.7. The molecule has 0 bridgehead atoms. The zero-order valence-corrected chi connectivity index (χ0v) is 16.8. The Morgan fingerprint density at radius 3 is 2.11 bits per heavy atom. The van der Waals surface area contributed by atoms with E-state index in [2.05, 4.69) is 11.9 Å². The van der Waals surface area contributed by atoms with Crippen molar-refractivity contribution in [2.24, 2.45) is 5.92 Å². The second kappa shape index (κ2) is 9.88. The van der Waals surface area contributed by atoms with Gasteiger partial charge < -0.3 is 14.4 Å². The lowest BCUT2D eigenvalue weighted by molar-refractivity contribution is -0.167. The molecule has 0 amide bonds. The number of piperidine rings is 1. The van der Waals surface area contributed by atoms with Gasteiger partial charge in [0.1, 0.15) is 0 Å². The molecule has 3 rings (SSSR count). The number of nitrogens with zero attached hydrogens (tertiary/aromatic N) is 1. The molecule has 1 saturated heterocycles. The van der Waals surface area contributed by atoms with Crippen LogP contribution < -0.4 is 0 Å². The molecule has 0 aromatic heterocycles. The number of hydrogen-bond acceptors (Lipinski definition) is 4. The number of hydrogen-bond donors (Lipinski definition) is 0. The van der Waals surface area contributed by atoms with Crippen LogP contribution in [-0.2, 0) is 19.9 Å². The predicted octanol–water partition coefficient (Wildman–Crippen LogP) is 3.88. The molecular weight excluding hydrogens is 362 g/mol. The molecule has 2 aromatic carbocycles. The molecule has 27 heavy (non-hydrogen) atoms. The van der Waals surface area contributed by atoms with Crippen molar-refractivity contribution in [2.75, 3.05) is 33.9 Å². The predicted molar refractivity (Wildman–Crippen MR) is 109 cm³/mol. The van der Waals surface area contributed by atoms with Crippen LogP contribution in [0.2, 0.25) is 0 Å². The third-order valence-corrected chi connectivity index (χ3v) is 5.13. The topological polar surface area (TPSA) is 38.8 Å². The van der Waals surface area contributed by atoms with Gasteiger partial charge in [0, 0.05) is 19.6 Å². The first-order chi connectivity index (χ1) is 12.7. The van der Waals surface area contributed by atoms with Crippen molar-refractivity contribution in [3.8, 4) is 0 Å².